The van der Waals surface area contributed by atoms with Gasteiger partial charge in [0.05, 0.1) is 33.9 Å². The van der Waals surface area contributed by atoms with Crippen LogP contribution in [0.15, 0.2) is 97.1 Å². The van der Waals surface area contributed by atoms with Gasteiger partial charge in [0, 0.05) is 44.3 Å². The summed E-state index contributed by atoms with van der Waals surface area (Å²) in [5, 5.41) is 23.3. The molecule has 6 nitrogen and oxygen atoms in total. The molecule has 0 saturated carbocycles. The number of aromatic amines is 2. The topological polar surface area (TPSA) is 105 Å². The third-order valence-electron chi connectivity index (χ3n) is 17.0. The Bertz CT molecular complexity index is 3740. The summed E-state index contributed by atoms with van der Waals surface area (Å²) < 4.78 is 0. The molecule has 84 heavy (non-hydrogen) atoms. The average Bonchev–Trinajstić information content (AvgIpc) is 2.18. The number of rotatable bonds is 4. The Labute approximate surface area is 503 Å². The third kappa shape index (κ3) is 12.1. The first-order valence-electron chi connectivity index (χ1n) is 30.2. The minimum atomic E-state index is -0.199. The molecule has 8 bridgehead atoms. The number of hydrogen-bond donors (Lipinski definition) is 2. The number of nitriles is 2. The number of H-pyrrole nitrogens is 2. The normalized spacial score (nSPS) is 13.8. The first kappa shape index (κ1) is 61.0. The van der Waals surface area contributed by atoms with Crippen molar-refractivity contribution in [3.63, 3.8) is 0 Å². The maximum absolute atomic E-state index is 11.6. The number of benzene rings is 4. The number of nitrogens with zero attached hydrogens (tertiary/aromatic N) is 4. The monoisotopic (exact) mass is 1110 g/mol. The van der Waals surface area contributed by atoms with E-state index in [2.05, 4.69) is 285 Å². The minimum Gasteiger partial charge on any atom is -0.354 e. The summed E-state index contributed by atoms with van der Waals surface area (Å²) in [5.74, 6) is 0. The van der Waals surface area contributed by atoms with Crippen molar-refractivity contribution in [1.29, 1.82) is 10.5 Å². The van der Waals surface area contributed by atoms with Gasteiger partial charge in [-0.15, -0.1) is 0 Å². The first-order chi connectivity index (χ1) is 38.5. The lowest BCUT2D eigenvalue weighted by Gasteiger charge is -2.26. The van der Waals surface area contributed by atoms with Gasteiger partial charge in [-0.25, -0.2) is 9.97 Å². The smallest absolute Gasteiger partial charge is 0.102 e. The van der Waals surface area contributed by atoms with Crippen molar-refractivity contribution in [3.8, 4) is 56.6 Å². The minimum absolute atomic E-state index is 0.190. The van der Waals surface area contributed by atoms with Gasteiger partial charge in [0.1, 0.15) is 12.1 Å². The second-order valence-electron chi connectivity index (χ2n) is 32.3. The van der Waals surface area contributed by atoms with E-state index in [1.54, 1.807) is 0 Å². The number of allylic oxidation sites excluding steroid dienone is 2. The Hall–Kier alpha value is -7.54. The van der Waals surface area contributed by atoms with E-state index >= 15 is 0 Å². The fourth-order valence-electron chi connectivity index (χ4n) is 11.3. The highest BCUT2D eigenvalue weighted by molar-refractivity contribution is 6.07. The SMILES string of the molecule is CC(C)(C)c1cc(-c2c3nc(c(-c4cc(C(C)(C)C)cc(C(C)(C)C)c4)c4ccc([nH]4)c(-c4cc(C(C)(C)C)cc(C(C)(C)C)c4)c4nc(c(-c5cc(C(C)(C)C)cc(C(C)(C)C)c5)c5ccc2[nH]5)C(C#N)=C4)C(C#N)=C3)cc(C(C)(C)C)c1. The molecule has 0 spiro atoms. The van der Waals surface area contributed by atoms with Crippen molar-refractivity contribution < 1.29 is 0 Å². The summed E-state index contributed by atoms with van der Waals surface area (Å²) in [7, 11) is 0. The molecule has 0 radical (unpaired) electrons. The van der Waals surface area contributed by atoms with Crippen molar-refractivity contribution in [2.45, 2.75) is 209 Å². The molecule has 434 valence electrons. The predicted molar refractivity (Wildman–Crippen MR) is 359 cm³/mol. The maximum Gasteiger partial charge on any atom is 0.102 e. The molecular weight excluding hydrogens is 1020 g/mol. The third-order valence-corrected chi connectivity index (χ3v) is 17.0. The lowest BCUT2D eigenvalue weighted by Crippen LogP contribution is -2.16. The van der Waals surface area contributed by atoms with Crippen LogP contribution in [0.4, 0.5) is 0 Å². The zero-order valence-electron chi connectivity index (χ0n) is 55.2. The van der Waals surface area contributed by atoms with Crippen LogP contribution in [0.5, 0.6) is 0 Å². The van der Waals surface area contributed by atoms with E-state index in [0.29, 0.717) is 33.9 Å². The number of nitrogens with one attached hydrogen (secondary N) is 2. The van der Waals surface area contributed by atoms with E-state index in [9.17, 15) is 10.5 Å². The molecule has 5 heterocycles. The van der Waals surface area contributed by atoms with E-state index < -0.39 is 0 Å². The lowest BCUT2D eigenvalue weighted by atomic mass is 9.78. The summed E-state index contributed by atoms with van der Waals surface area (Å²) in [6, 6.07) is 41.9. The average molecular weight is 1110 g/mol. The fourth-order valence-corrected chi connectivity index (χ4v) is 11.3. The van der Waals surface area contributed by atoms with Crippen LogP contribution in [0.3, 0.4) is 0 Å². The van der Waals surface area contributed by atoms with Crippen LogP contribution in [0.1, 0.15) is 233 Å². The molecule has 0 atom stereocenters. The van der Waals surface area contributed by atoms with Gasteiger partial charge in [0.25, 0.3) is 0 Å². The summed E-state index contributed by atoms with van der Waals surface area (Å²) in [6.45, 7) is 54.4. The highest BCUT2D eigenvalue weighted by atomic mass is 14.8. The number of fused-ring (bicyclic) bond motifs is 8. The molecule has 0 unspecified atom stereocenters. The molecule has 9 rings (SSSR count). The molecule has 0 aliphatic carbocycles. The maximum atomic E-state index is 11.6. The lowest BCUT2D eigenvalue weighted by molar-refractivity contribution is 0.568. The van der Waals surface area contributed by atoms with Crippen LogP contribution >= 0.6 is 0 Å². The molecule has 3 aromatic heterocycles. The Balaban J connectivity index is 1.63. The molecule has 4 aromatic carbocycles. The van der Waals surface area contributed by atoms with E-state index in [4.69, 9.17) is 9.97 Å². The summed E-state index contributed by atoms with van der Waals surface area (Å²) >= 11 is 0. The fraction of sp³-hybridized carbons (Fsp3) is 0.410. The van der Waals surface area contributed by atoms with E-state index in [1.807, 2.05) is 12.2 Å². The Morgan fingerprint density at radius 3 is 0.667 bits per heavy atom. The molecule has 6 heteroatoms. The van der Waals surface area contributed by atoms with Gasteiger partial charge in [-0.1, -0.05) is 239 Å². The van der Waals surface area contributed by atoms with Crippen LogP contribution in [-0.2, 0) is 43.3 Å². The zero-order valence-corrected chi connectivity index (χ0v) is 55.2. The van der Waals surface area contributed by atoms with Gasteiger partial charge in [-0.2, -0.15) is 10.5 Å². The van der Waals surface area contributed by atoms with Gasteiger partial charge >= 0.3 is 0 Å². The van der Waals surface area contributed by atoms with Gasteiger partial charge in [0.2, 0.25) is 0 Å². The first-order valence-corrected chi connectivity index (χ1v) is 30.2. The molecular formula is C78H92N6. The van der Waals surface area contributed by atoms with E-state index in [-0.39, 0.29) is 43.3 Å². The van der Waals surface area contributed by atoms with Crippen molar-refractivity contribution in [2.24, 2.45) is 0 Å². The van der Waals surface area contributed by atoms with Crippen LogP contribution in [0.25, 0.3) is 89.9 Å². The van der Waals surface area contributed by atoms with E-state index in [0.717, 1.165) is 66.6 Å². The number of aromatic nitrogens is 4. The van der Waals surface area contributed by atoms with Crippen molar-refractivity contribution >= 4 is 45.4 Å². The molecule has 0 saturated heterocycles. The van der Waals surface area contributed by atoms with Crippen LogP contribution < -0.4 is 0 Å². The van der Waals surface area contributed by atoms with Crippen molar-refractivity contribution in [1.82, 2.24) is 19.9 Å². The summed E-state index contributed by atoms with van der Waals surface area (Å²) in [4.78, 5) is 19.7. The largest absolute Gasteiger partial charge is 0.354 e. The van der Waals surface area contributed by atoms with Crippen LogP contribution in [0.2, 0.25) is 0 Å². The van der Waals surface area contributed by atoms with Crippen molar-refractivity contribution in [2.75, 3.05) is 0 Å². The Morgan fingerprint density at radius 1 is 0.286 bits per heavy atom. The zero-order chi connectivity index (χ0) is 62.0. The van der Waals surface area contributed by atoms with Gasteiger partial charge in [0.15, 0.2) is 0 Å². The van der Waals surface area contributed by atoms with Gasteiger partial charge in [-0.3, -0.25) is 0 Å². The molecule has 0 amide bonds. The van der Waals surface area contributed by atoms with Crippen molar-refractivity contribution in [3.05, 3.63) is 164 Å². The second-order valence-corrected chi connectivity index (χ2v) is 32.3. The standard InChI is InChI=1S/C78H92N6/c1-71(2,3)51-29-45(30-52(39-51)72(4,5)6)65-59-25-27-61(81-59)67(47-33-55(75(13,14)15)41-56(34-47)76(16,17)18)70-50(44-80)38-64(84-70)66(46-31-53(73(7,8)9)40-54(32-46)74(10,11)12)60-26-28-62(82-60)68(69-49(43-79)37-63(65)83-69)48-35-57(77(19,20)21)42-58(36-48)78(22,23)24/h25-42,81-82H,1-24H3. The highest BCUT2D eigenvalue weighted by Crippen LogP contribution is 2.47. The summed E-state index contributed by atoms with van der Waals surface area (Å²) in [6.07, 6.45) is 4.00. The highest BCUT2D eigenvalue weighted by Gasteiger charge is 2.31. The second kappa shape index (κ2) is 20.6. The molecule has 2 aliphatic rings. The quantitative estimate of drug-likeness (QED) is 0.183. The van der Waals surface area contributed by atoms with Gasteiger partial charge < -0.3 is 9.97 Å². The molecule has 2 N–H and O–H groups in total. The predicted octanol–water partition coefficient (Wildman–Crippen LogP) is 21.5. The van der Waals surface area contributed by atoms with E-state index in [1.165, 1.54) is 44.5 Å². The van der Waals surface area contributed by atoms with Crippen LogP contribution in [0, 0.1) is 22.7 Å². The molecule has 7 aromatic rings. The Morgan fingerprint density at radius 2 is 0.476 bits per heavy atom. The summed E-state index contributed by atoms with van der Waals surface area (Å²) in [5.41, 5.74) is 22.1. The van der Waals surface area contributed by atoms with Crippen LogP contribution in [-0.4, -0.2) is 19.9 Å². The molecule has 0 fully saturated rings. The number of hydrogen-bond acceptors (Lipinski definition) is 4. The Kier molecular flexibility index (Phi) is 15.0. The molecule has 2 aliphatic heterocycles. The van der Waals surface area contributed by atoms with Gasteiger partial charge in [-0.05, 0) is 146 Å².